The molecule has 26 heavy (non-hydrogen) atoms. The van der Waals surface area contributed by atoms with E-state index in [1.807, 2.05) is 40.7 Å². The molecule has 0 saturated carbocycles. The highest BCUT2D eigenvalue weighted by atomic mass is 127. The number of aliphatic imine (C=N–C) groups is 1. The molecular weight excluding hydrogens is 449 g/mol. The standard InChI is InChI=1S/C17H31N5O3.HI/c1-6-13-11-14(25-22-13)12-21-15(18-7-2)19-9-8-10-20-16(23)24-17(3,4)5;/h11H,6-10,12H2,1-5H3,(H,20,23)(H2,18,19,21);1H. The predicted molar refractivity (Wildman–Crippen MR) is 113 cm³/mol. The number of nitrogens with zero attached hydrogens (tertiary/aromatic N) is 2. The molecule has 8 nitrogen and oxygen atoms in total. The van der Waals surface area contributed by atoms with Gasteiger partial charge in [0.2, 0.25) is 0 Å². The largest absolute Gasteiger partial charge is 0.444 e. The van der Waals surface area contributed by atoms with Crippen molar-refractivity contribution in [2.75, 3.05) is 19.6 Å². The molecule has 0 unspecified atom stereocenters. The highest BCUT2D eigenvalue weighted by Gasteiger charge is 2.15. The summed E-state index contributed by atoms with van der Waals surface area (Å²) in [6.07, 6.45) is 1.20. The molecule has 0 bridgehead atoms. The van der Waals surface area contributed by atoms with Crippen molar-refractivity contribution in [2.24, 2.45) is 4.99 Å². The molecule has 0 aromatic carbocycles. The van der Waals surface area contributed by atoms with Gasteiger partial charge in [0.15, 0.2) is 11.7 Å². The topological polar surface area (TPSA) is 101 Å². The molecule has 0 atom stereocenters. The molecule has 0 spiro atoms. The molecular formula is C17H32IN5O3. The highest BCUT2D eigenvalue weighted by molar-refractivity contribution is 14.0. The van der Waals surface area contributed by atoms with Crippen LogP contribution in [0.25, 0.3) is 0 Å². The number of rotatable bonds is 8. The molecule has 0 fully saturated rings. The van der Waals surface area contributed by atoms with Crippen LogP contribution in [0.15, 0.2) is 15.6 Å². The van der Waals surface area contributed by atoms with Gasteiger partial charge in [-0.2, -0.15) is 0 Å². The third kappa shape index (κ3) is 11.2. The Morgan fingerprint density at radius 3 is 2.50 bits per heavy atom. The summed E-state index contributed by atoms with van der Waals surface area (Å²) in [7, 11) is 0. The smallest absolute Gasteiger partial charge is 0.407 e. The predicted octanol–water partition coefficient (Wildman–Crippen LogP) is 2.82. The van der Waals surface area contributed by atoms with Crippen molar-refractivity contribution in [1.29, 1.82) is 0 Å². The number of halogens is 1. The average Bonchev–Trinajstić information content (AvgIpc) is 2.98. The molecule has 1 rings (SSSR count). The van der Waals surface area contributed by atoms with Crippen LogP contribution in [0.3, 0.4) is 0 Å². The number of alkyl carbamates (subject to hydrolysis) is 1. The Morgan fingerprint density at radius 2 is 1.92 bits per heavy atom. The molecule has 0 aliphatic rings. The average molecular weight is 481 g/mol. The molecule has 3 N–H and O–H groups in total. The van der Waals surface area contributed by atoms with Crippen LogP contribution in [0.2, 0.25) is 0 Å². The second-order valence-electron chi connectivity index (χ2n) is 6.54. The van der Waals surface area contributed by atoms with Gasteiger partial charge in [0.1, 0.15) is 12.1 Å². The lowest BCUT2D eigenvalue weighted by Gasteiger charge is -2.19. The Hall–Kier alpha value is -1.52. The summed E-state index contributed by atoms with van der Waals surface area (Å²) in [5, 5.41) is 13.1. The Balaban J connectivity index is 0.00000625. The van der Waals surface area contributed by atoms with E-state index in [9.17, 15) is 4.79 Å². The third-order valence-corrected chi connectivity index (χ3v) is 3.02. The molecule has 0 radical (unpaired) electrons. The summed E-state index contributed by atoms with van der Waals surface area (Å²) in [6.45, 7) is 12.0. The van der Waals surface area contributed by atoms with E-state index in [0.29, 0.717) is 25.6 Å². The summed E-state index contributed by atoms with van der Waals surface area (Å²) >= 11 is 0. The second kappa shape index (κ2) is 12.8. The minimum atomic E-state index is -0.481. The molecule has 9 heteroatoms. The van der Waals surface area contributed by atoms with E-state index in [1.165, 1.54) is 0 Å². The number of ether oxygens (including phenoxy) is 1. The molecule has 0 aliphatic heterocycles. The molecule has 150 valence electrons. The number of carbonyl (C=O) groups is 1. The van der Waals surface area contributed by atoms with Crippen LogP contribution in [-0.4, -0.2) is 42.4 Å². The van der Waals surface area contributed by atoms with E-state index in [4.69, 9.17) is 9.26 Å². The van der Waals surface area contributed by atoms with Crippen LogP contribution < -0.4 is 16.0 Å². The van der Waals surface area contributed by atoms with Gasteiger partial charge in [-0.3, -0.25) is 0 Å². The summed E-state index contributed by atoms with van der Waals surface area (Å²) in [5.41, 5.74) is 0.447. The third-order valence-electron chi connectivity index (χ3n) is 3.02. The van der Waals surface area contributed by atoms with Crippen molar-refractivity contribution in [2.45, 2.75) is 59.6 Å². The summed E-state index contributed by atoms with van der Waals surface area (Å²) in [4.78, 5) is 16.0. The Bertz CT molecular complexity index is 555. The maximum absolute atomic E-state index is 11.5. The molecule has 1 heterocycles. The highest BCUT2D eigenvalue weighted by Crippen LogP contribution is 2.06. The zero-order valence-corrected chi connectivity index (χ0v) is 18.7. The number of nitrogens with one attached hydrogen (secondary N) is 3. The lowest BCUT2D eigenvalue weighted by atomic mass is 10.2. The number of hydrogen-bond donors (Lipinski definition) is 3. The molecule has 1 aromatic rings. The Morgan fingerprint density at radius 1 is 1.23 bits per heavy atom. The van der Waals surface area contributed by atoms with Crippen LogP contribution in [-0.2, 0) is 17.7 Å². The first-order valence-corrected chi connectivity index (χ1v) is 8.77. The lowest BCUT2D eigenvalue weighted by molar-refractivity contribution is 0.0527. The van der Waals surface area contributed by atoms with Gasteiger partial charge in [-0.1, -0.05) is 12.1 Å². The van der Waals surface area contributed by atoms with E-state index < -0.39 is 11.7 Å². The summed E-state index contributed by atoms with van der Waals surface area (Å²) in [5.74, 6) is 1.44. The summed E-state index contributed by atoms with van der Waals surface area (Å²) < 4.78 is 10.4. The number of aryl methyl sites for hydroxylation is 1. The van der Waals surface area contributed by atoms with Crippen LogP contribution in [0.1, 0.15) is 52.5 Å². The van der Waals surface area contributed by atoms with Gasteiger partial charge in [0, 0.05) is 25.7 Å². The number of guanidine groups is 1. The minimum absolute atomic E-state index is 0. The Labute approximate surface area is 172 Å². The van der Waals surface area contributed by atoms with Gasteiger partial charge < -0.3 is 25.2 Å². The molecule has 0 saturated heterocycles. The molecule has 0 aliphatic carbocycles. The zero-order valence-electron chi connectivity index (χ0n) is 16.3. The van der Waals surface area contributed by atoms with E-state index in [0.717, 1.165) is 30.8 Å². The normalized spacial score (nSPS) is 11.5. The fraction of sp³-hybridized carbons (Fsp3) is 0.706. The van der Waals surface area contributed by atoms with E-state index in [-0.39, 0.29) is 24.0 Å². The fourth-order valence-electron chi connectivity index (χ4n) is 1.90. The monoisotopic (exact) mass is 481 g/mol. The van der Waals surface area contributed by atoms with Gasteiger partial charge in [-0.25, -0.2) is 9.79 Å². The fourth-order valence-corrected chi connectivity index (χ4v) is 1.90. The van der Waals surface area contributed by atoms with Crippen LogP contribution in [0.5, 0.6) is 0 Å². The zero-order chi connectivity index (χ0) is 18.7. The van der Waals surface area contributed by atoms with Gasteiger partial charge in [-0.05, 0) is 40.5 Å². The summed E-state index contributed by atoms with van der Waals surface area (Å²) in [6, 6.07) is 1.91. The van der Waals surface area contributed by atoms with E-state index in [2.05, 4.69) is 26.1 Å². The molecule has 1 aromatic heterocycles. The number of hydrogen-bond acceptors (Lipinski definition) is 5. The lowest BCUT2D eigenvalue weighted by Crippen LogP contribution is -2.39. The van der Waals surface area contributed by atoms with Crippen LogP contribution in [0, 0.1) is 0 Å². The van der Waals surface area contributed by atoms with Crippen molar-refractivity contribution in [3.8, 4) is 0 Å². The first-order valence-electron chi connectivity index (χ1n) is 8.77. The minimum Gasteiger partial charge on any atom is -0.444 e. The van der Waals surface area contributed by atoms with Crippen molar-refractivity contribution in [3.05, 3.63) is 17.5 Å². The second-order valence-corrected chi connectivity index (χ2v) is 6.54. The number of amides is 1. The number of aromatic nitrogens is 1. The van der Waals surface area contributed by atoms with Gasteiger partial charge in [0.05, 0.1) is 5.69 Å². The SMILES string of the molecule is CCNC(=NCc1cc(CC)no1)NCCCNC(=O)OC(C)(C)C.I. The van der Waals surface area contributed by atoms with Gasteiger partial charge in [0.25, 0.3) is 0 Å². The van der Waals surface area contributed by atoms with Crippen LogP contribution in [0.4, 0.5) is 4.79 Å². The van der Waals surface area contributed by atoms with Crippen molar-refractivity contribution < 1.29 is 14.1 Å². The van der Waals surface area contributed by atoms with Crippen molar-refractivity contribution in [3.63, 3.8) is 0 Å². The first kappa shape index (κ1) is 24.5. The quantitative estimate of drug-likeness (QED) is 0.229. The Kier molecular flexibility index (Phi) is 12.0. The van der Waals surface area contributed by atoms with Gasteiger partial charge >= 0.3 is 6.09 Å². The van der Waals surface area contributed by atoms with Crippen molar-refractivity contribution >= 4 is 36.0 Å². The number of carbonyl (C=O) groups excluding carboxylic acids is 1. The van der Waals surface area contributed by atoms with E-state index >= 15 is 0 Å². The van der Waals surface area contributed by atoms with Crippen LogP contribution >= 0.6 is 24.0 Å². The molecule has 1 amide bonds. The van der Waals surface area contributed by atoms with Gasteiger partial charge in [-0.15, -0.1) is 24.0 Å². The first-order chi connectivity index (χ1) is 11.8. The maximum atomic E-state index is 11.5. The maximum Gasteiger partial charge on any atom is 0.407 e. The van der Waals surface area contributed by atoms with Crippen molar-refractivity contribution in [1.82, 2.24) is 21.1 Å². The van der Waals surface area contributed by atoms with E-state index in [1.54, 1.807) is 0 Å².